The van der Waals surface area contributed by atoms with Gasteiger partial charge < -0.3 is 5.11 Å². The Kier molecular flexibility index (Phi) is 9.18. The van der Waals surface area contributed by atoms with Crippen LogP contribution >= 0.6 is 0 Å². The summed E-state index contributed by atoms with van der Waals surface area (Å²) in [4.78, 5) is 0. The van der Waals surface area contributed by atoms with E-state index in [9.17, 15) is 5.11 Å². The van der Waals surface area contributed by atoms with Gasteiger partial charge in [-0.3, -0.25) is 0 Å². The van der Waals surface area contributed by atoms with Crippen LogP contribution in [0.4, 0.5) is 0 Å². The van der Waals surface area contributed by atoms with E-state index in [2.05, 4.69) is 20.8 Å². The van der Waals surface area contributed by atoms with Gasteiger partial charge >= 0.3 is 0 Å². The molecule has 15 heavy (non-hydrogen) atoms. The van der Waals surface area contributed by atoms with Crippen LogP contribution in [0.1, 0.15) is 78.6 Å². The van der Waals surface area contributed by atoms with Gasteiger partial charge in [-0.2, -0.15) is 0 Å². The largest absolute Gasteiger partial charge is 0.396 e. The van der Waals surface area contributed by atoms with Crippen molar-refractivity contribution in [3.63, 3.8) is 0 Å². The van der Waals surface area contributed by atoms with Gasteiger partial charge in [-0.05, 0) is 18.3 Å². The van der Waals surface area contributed by atoms with Crippen LogP contribution in [0, 0.1) is 5.41 Å². The Hall–Kier alpha value is -0.0400. The maximum Gasteiger partial charge on any atom is 0.0484 e. The van der Waals surface area contributed by atoms with E-state index < -0.39 is 0 Å². The first-order valence-corrected chi connectivity index (χ1v) is 6.79. The van der Waals surface area contributed by atoms with E-state index >= 15 is 0 Å². The van der Waals surface area contributed by atoms with Crippen molar-refractivity contribution >= 4 is 0 Å². The summed E-state index contributed by atoms with van der Waals surface area (Å²) in [5, 5.41) is 9.26. The fourth-order valence-corrected chi connectivity index (χ4v) is 1.88. The van der Waals surface area contributed by atoms with Gasteiger partial charge in [0.05, 0.1) is 0 Å². The van der Waals surface area contributed by atoms with Gasteiger partial charge in [0, 0.05) is 6.61 Å². The Bertz CT molecular complexity index is 127. The van der Waals surface area contributed by atoms with Crippen molar-refractivity contribution in [1.82, 2.24) is 0 Å². The molecular formula is C14H30O. The number of hydrogen-bond donors (Lipinski definition) is 1. The molecule has 0 radical (unpaired) electrons. The topological polar surface area (TPSA) is 20.2 Å². The van der Waals surface area contributed by atoms with E-state index in [1.807, 2.05) is 0 Å². The third-order valence-corrected chi connectivity index (χ3v) is 3.62. The molecular weight excluding hydrogens is 184 g/mol. The molecule has 0 rings (SSSR count). The number of unbranched alkanes of at least 4 members (excludes halogenated alkanes) is 6. The molecule has 0 aliphatic heterocycles. The van der Waals surface area contributed by atoms with E-state index in [0.717, 1.165) is 6.42 Å². The Morgan fingerprint density at radius 2 is 1.40 bits per heavy atom. The molecule has 0 spiro atoms. The van der Waals surface area contributed by atoms with Crippen molar-refractivity contribution in [1.29, 1.82) is 0 Å². The number of aliphatic hydroxyl groups excluding tert-OH is 1. The smallest absolute Gasteiger partial charge is 0.0484 e. The predicted molar refractivity (Wildman–Crippen MR) is 68.1 cm³/mol. The van der Waals surface area contributed by atoms with Gasteiger partial charge in [0.15, 0.2) is 0 Å². The molecule has 0 saturated heterocycles. The Labute approximate surface area is 96.3 Å². The van der Waals surface area contributed by atoms with Crippen molar-refractivity contribution in [2.45, 2.75) is 78.6 Å². The summed E-state index contributed by atoms with van der Waals surface area (Å²) in [6.07, 6.45) is 11.8. The normalized spacial score (nSPS) is 15.2. The third-order valence-electron chi connectivity index (χ3n) is 3.62. The third kappa shape index (κ3) is 7.84. The summed E-state index contributed by atoms with van der Waals surface area (Å²) >= 11 is 0. The maximum atomic E-state index is 9.26. The minimum atomic E-state index is 0.184. The molecule has 0 aromatic carbocycles. The van der Waals surface area contributed by atoms with Gasteiger partial charge in [0.25, 0.3) is 0 Å². The fraction of sp³-hybridized carbons (Fsp3) is 1.00. The lowest BCUT2D eigenvalue weighted by molar-refractivity contribution is 0.125. The molecule has 0 fully saturated rings. The average molecular weight is 214 g/mol. The quantitative estimate of drug-likeness (QED) is 0.529. The molecule has 1 unspecified atom stereocenters. The molecule has 0 aromatic heterocycles. The van der Waals surface area contributed by atoms with Gasteiger partial charge in [-0.1, -0.05) is 65.7 Å². The molecule has 0 heterocycles. The maximum absolute atomic E-state index is 9.26. The van der Waals surface area contributed by atoms with E-state index in [1.54, 1.807) is 0 Å². The highest BCUT2D eigenvalue weighted by atomic mass is 16.3. The van der Waals surface area contributed by atoms with Crippen LogP contribution in [0.25, 0.3) is 0 Å². The highest BCUT2D eigenvalue weighted by Gasteiger charge is 2.19. The lowest BCUT2D eigenvalue weighted by Crippen LogP contribution is -2.19. The lowest BCUT2D eigenvalue weighted by atomic mass is 9.83. The zero-order valence-corrected chi connectivity index (χ0v) is 11.0. The van der Waals surface area contributed by atoms with Crippen LogP contribution in [0.5, 0.6) is 0 Å². The SMILES string of the molecule is CCCCCCCCCC(C)(CC)CO. The summed E-state index contributed by atoms with van der Waals surface area (Å²) < 4.78 is 0. The van der Waals surface area contributed by atoms with E-state index in [4.69, 9.17) is 0 Å². The summed E-state index contributed by atoms with van der Waals surface area (Å²) in [5.74, 6) is 0. The lowest BCUT2D eigenvalue weighted by Gasteiger charge is -2.25. The molecule has 1 heteroatoms. The van der Waals surface area contributed by atoms with Gasteiger partial charge in [0.1, 0.15) is 0 Å². The van der Waals surface area contributed by atoms with Crippen LogP contribution in [0.3, 0.4) is 0 Å². The van der Waals surface area contributed by atoms with E-state index in [0.29, 0.717) is 6.61 Å². The molecule has 0 aliphatic carbocycles. The molecule has 0 aromatic rings. The van der Waals surface area contributed by atoms with E-state index in [1.165, 1.54) is 51.4 Å². The van der Waals surface area contributed by atoms with Crippen LogP contribution < -0.4 is 0 Å². The Balaban J connectivity index is 3.29. The highest BCUT2D eigenvalue weighted by molar-refractivity contribution is 4.70. The summed E-state index contributed by atoms with van der Waals surface area (Å²) in [6, 6.07) is 0. The number of rotatable bonds is 10. The molecule has 1 nitrogen and oxygen atoms in total. The van der Waals surface area contributed by atoms with Crippen molar-refractivity contribution in [3.8, 4) is 0 Å². The molecule has 1 N–H and O–H groups in total. The first kappa shape index (κ1) is 15.0. The Morgan fingerprint density at radius 3 is 1.87 bits per heavy atom. The molecule has 1 atom stereocenters. The van der Waals surface area contributed by atoms with Crippen LogP contribution in [0.15, 0.2) is 0 Å². The van der Waals surface area contributed by atoms with Crippen molar-refractivity contribution in [2.24, 2.45) is 5.41 Å². The molecule has 0 bridgehead atoms. The monoisotopic (exact) mass is 214 g/mol. The van der Waals surface area contributed by atoms with Gasteiger partial charge in [-0.15, -0.1) is 0 Å². The molecule has 0 aliphatic rings. The van der Waals surface area contributed by atoms with Crippen molar-refractivity contribution in [3.05, 3.63) is 0 Å². The standard InChI is InChI=1S/C14H30O/c1-4-6-7-8-9-10-11-12-14(3,5-2)13-15/h15H,4-13H2,1-3H3. The summed E-state index contributed by atoms with van der Waals surface area (Å²) in [7, 11) is 0. The number of hydrogen-bond acceptors (Lipinski definition) is 1. The average Bonchev–Trinajstić information content (AvgIpc) is 2.27. The fourth-order valence-electron chi connectivity index (χ4n) is 1.88. The van der Waals surface area contributed by atoms with Crippen LogP contribution in [0.2, 0.25) is 0 Å². The second-order valence-corrected chi connectivity index (χ2v) is 5.19. The molecule has 92 valence electrons. The van der Waals surface area contributed by atoms with Crippen LogP contribution in [-0.2, 0) is 0 Å². The number of aliphatic hydroxyl groups is 1. The second kappa shape index (κ2) is 9.21. The predicted octanol–water partition coefficient (Wildman–Crippen LogP) is 4.54. The first-order chi connectivity index (χ1) is 7.18. The second-order valence-electron chi connectivity index (χ2n) is 5.19. The van der Waals surface area contributed by atoms with Crippen molar-refractivity contribution < 1.29 is 5.11 Å². The van der Waals surface area contributed by atoms with E-state index in [-0.39, 0.29) is 5.41 Å². The zero-order valence-electron chi connectivity index (χ0n) is 11.0. The summed E-state index contributed by atoms with van der Waals surface area (Å²) in [6.45, 7) is 6.98. The van der Waals surface area contributed by atoms with Gasteiger partial charge in [0.2, 0.25) is 0 Å². The first-order valence-electron chi connectivity index (χ1n) is 6.79. The zero-order chi connectivity index (χ0) is 11.6. The van der Waals surface area contributed by atoms with Crippen molar-refractivity contribution in [2.75, 3.05) is 6.61 Å². The van der Waals surface area contributed by atoms with Gasteiger partial charge in [-0.25, -0.2) is 0 Å². The Morgan fingerprint density at radius 1 is 0.867 bits per heavy atom. The molecule has 0 saturated carbocycles. The highest BCUT2D eigenvalue weighted by Crippen LogP contribution is 2.27. The van der Waals surface area contributed by atoms with Crippen LogP contribution in [-0.4, -0.2) is 11.7 Å². The minimum absolute atomic E-state index is 0.184. The minimum Gasteiger partial charge on any atom is -0.396 e. The summed E-state index contributed by atoms with van der Waals surface area (Å²) in [5.41, 5.74) is 0.184. The molecule has 0 amide bonds.